The van der Waals surface area contributed by atoms with Gasteiger partial charge in [0.25, 0.3) is 0 Å². The third-order valence-corrected chi connectivity index (χ3v) is 6.14. The van der Waals surface area contributed by atoms with E-state index in [0.29, 0.717) is 22.3 Å². The minimum atomic E-state index is 0.169. The van der Waals surface area contributed by atoms with Crippen molar-refractivity contribution in [1.82, 2.24) is 5.32 Å². The molecule has 6 rings (SSSR count). The smallest absolute Gasteiger partial charge is 0.123 e. The Morgan fingerprint density at radius 2 is 2.16 bits per heavy atom. The molecule has 19 heavy (non-hydrogen) atoms. The van der Waals surface area contributed by atoms with Crippen molar-refractivity contribution in [3.63, 3.8) is 0 Å². The molecule has 2 saturated carbocycles. The molecule has 1 heterocycles. The van der Waals surface area contributed by atoms with Gasteiger partial charge in [-0.3, -0.25) is 0 Å². The lowest BCUT2D eigenvalue weighted by Crippen LogP contribution is -2.39. The molecular formula is C15H14N2S2. The molecule has 2 nitrogen and oxygen atoms in total. The molecule has 4 bridgehead atoms. The number of thiol groups is 2. The summed E-state index contributed by atoms with van der Waals surface area (Å²) in [5, 5.41) is 4.82. The minimum Gasteiger partial charge on any atom is -0.366 e. The number of rotatable bonds is 0. The predicted molar refractivity (Wildman–Crippen MR) is 83.3 cm³/mol. The van der Waals surface area contributed by atoms with Crippen LogP contribution in [0.2, 0.25) is 0 Å². The van der Waals surface area contributed by atoms with Crippen LogP contribution in [0.25, 0.3) is 0 Å². The number of aliphatic imine (C=N–C) groups is 1. The fourth-order valence-corrected chi connectivity index (χ4v) is 4.73. The van der Waals surface area contributed by atoms with Crippen LogP contribution in [0.4, 0.5) is 0 Å². The van der Waals surface area contributed by atoms with Gasteiger partial charge in [-0.25, -0.2) is 4.99 Å². The van der Waals surface area contributed by atoms with Gasteiger partial charge in [0, 0.05) is 17.3 Å². The zero-order valence-electron chi connectivity index (χ0n) is 10.5. The lowest BCUT2D eigenvalue weighted by atomic mass is 9.72. The fraction of sp³-hybridized carbons (Fsp3) is 0.400. The first-order valence-electron chi connectivity index (χ1n) is 6.71. The Balaban J connectivity index is 1.66. The molecule has 4 atom stereocenters. The number of nitrogens with zero attached hydrogens (tertiary/aromatic N) is 1. The highest BCUT2D eigenvalue weighted by Gasteiger charge is 2.66. The van der Waals surface area contributed by atoms with Crippen molar-refractivity contribution >= 4 is 31.0 Å². The van der Waals surface area contributed by atoms with E-state index in [0.717, 1.165) is 10.7 Å². The molecule has 0 aromatic rings. The van der Waals surface area contributed by atoms with E-state index in [2.05, 4.69) is 60.7 Å². The molecule has 0 saturated heterocycles. The summed E-state index contributed by atoms with van der Waals surface area (Å²) in [6.07, 6.45) is 8.44. The lowest BCUT2D eigenvalue weighted by Gasteiger charge is -2.35. The van der Waals surface area contributed by atoms with Crippen LogP contribution in [0.5, 0.6) is 0 Å². The van der Waals surface area contributed by atoms with E-state index in [1.165, 1.54) is 17.6 Å². The van der Waals surface area contributed by atoms with Crippen LogP contribution in [0.15, 0.2) is 50.0 Å². The van der Waals surface area contributed by atoms with Gasteiger partial charge in [-0.2, -0.15) is 0 Å². The Morgan fingerprint density at radius 3 is 2.89 bits per heavy atom. The molecule has 4 heteroatoms. The van der Waals surface area contributed by atoms with Crippen LogP contribution >= 0.6 is 25.3 Å². The summed E-state index contributed by atoms with van der Waals surface area (Å²) < 4.78 is 0. The van der Waals surface area contributed by atoms with E-state index < -0.39 is 0 Å². The number of nitrogens with one attached hydrogen (secondary N) is 1. The van der Waals surface area contributed by atoms with E-state index in [4.69, 9.17) is 0 Å². The lowest BCUT2D eigenvalue weighted by molar-refractivity contribution is 0.430. The summed E-state index contributed by atoms with van der Waals surface area (Å²) in [5.41, 5.74) is 6.25. The molecule has 96 valence electrons. The van der Waals surface area contributed by atoms with Crippen LogP contribution < -0.4 is 5.32 Å². The predicted octanol–water partition coefficient (Wildman–Crippen LogP) is 2.85. The summed E-state index contributed by atoms with van der Waals surface area (Å²) in [5.74, 6) is 1.29. The molecule has 0 spiro atoms. The molecule has 0 radical (unpaired) electrons. The van der Waals surface area contributed by atoms with Crippen molar-refractivity contribution in [3.05, 3.63) is 45.0 Å². The number of hydrogen-bond donors (Lipinski definition) is 3. The summed E-state index contributed by atoms with van der Waals surface area (Å²) in [6, 6.07) is 0.169. The van der Waals surface area contributed by atoms with Gasteiger partial charge in [0.15, 0.2) is 0 Å². The second-order valence-corrected chi connectivity index (χ2v) is 7.21. The molecule has 2 fully saturated rings. The SMILES string of the molecule is CC12CC3C=C1C2C1=CC2=NC(S)=C(S)N[C@H]2C=C13. The Hall–Kier alpha value is -0.870. The molecular weight excluding hydrogens is 272 g/mol. The van der Waals surface area contributed by atoms with Crippen LogP contribution in [0, 0.1) is 17.3 Å². The van der Waals surface area contributed by atoms with E-state index in [1.807, 2.05) is 0 Å². The summed E-state index contributed by atoms with van der Waals surface area (Å²) >= 11 is 8.74. The summed E-state index contributed by atoms with van der Waals surface area (Å²) in [4.78, 5) is 4.57. The van der Waals surface area contributed by atoms with Crippen LogP contribution in [-0.4, -0.2) is 11.8 Å². The van der Waals surface area contributed by atoms with Crippen LogP contribution in [-0.2, 0) is 0 Å². The Morgan fingerprint density at radius 1 is 1.32 bits per heavy atom. The maximum atomic E-state index is 4.57. The zero-order valence-corrected chi connectivity index (χ0v) is 12.3. The van der Waals surface area contributed by atoms with E-state index in [1.54, 1.807) is 5.57 Å². The van der Waals surface area contributed by atoms with E-state index in [-0.39, 0.29) is 6.04 Å². The molecule has 5 aliphatic carbocycles. The van der Waals surface area contributed by atoms with Gasteiger partial charge in [0.2, 0.25) is 0 Å². The maximum Gasteiger partial charge on any atom is 0.123 e. The highest BCUT2D eigenvalue weighted by Crippen LogP contribution is 2.75. The van der Waals surface area contributed by atoms with Crippen molar-refractivity contribution in [1.29, 1.82) is 0 Å². The number of fused-ring (bicyclic) bond motifs is 1. The molecule has 0 aromatic carbocycles. The largest absolute Gasteiger partial charge is 0.366 e. The highest BCUT2D eigenvalue weighted by molar-refractivity contribution is 7.88. The molecule has 0 aromatic heterocycles. The van der Waals surface area contributed by atoms with Crippen molar-refractivity contribution in [2.45, 2.75) is 19.4 Å². The third kappa shape index (κ3) is 1.16. The topological polar surface area (TPSA) is 24.4 Å². The quantitative estimate of drug-likeness (QED) is 0.463. The number of hydrogen-bond acceptors (Lipinski definition) is 4. The van der Waals surface area contributed by atoms with Gasteiger partial charge in [-0.05, 0) is 23.6 Å². The first-order chi connectivity index (χ1) is 9.08. The Bertz CT molecular complexity index is 695. The fourth-order valence-electron chi connectivity index (χ4n) is 4.36. The average Bonchev–Trinajstić information content (AvgIpc) is 2.82. The zero-order chi connectivity index (χ0) is 12.9. The second kappa shape index (κ2) is 3.07. The molecule has 1 N–H and O–H groups in total. The van der Waals surface area contributed by atoms with Crippen molar-refractivity contribution in [3.8, 4) is 0 Å². The normalized spacial score (nSPS) is 44.5. The highest BCUT2D eigenvalue weighted by atomic mass is 32.1. The van der Waals surface area contributed by atoms with E-state index in [9.17, 15) is 0 Å². The first kappa shape index (κ1) is 10.9. The van der Waals surface area contributed by atoms with Gasteiger partial charge in [-0.15, -0.1) is 25.3 Å². The van der Waals surface area contributed by atoms with E-state index >= 15 is 0 Å². The van der Waals surface area contributed by atoms with Gasteiger partial charge < -0.3 is 5.32 Å². The van der Waals surface area contributed by atoms with Gasteiger partial charge >= 0.3 is 0 Å². The monoisotopic (exact) mass is 286 g/mol. The molecule has 3 unspecified atom stereocenters. The third-order valence-electron chi connectivity index (χ3n) is 5.30. The maximum absolute atomic E-state index is 4.57. The van der Waals surface area contributed by atoms with Gasteiger partial charge in [0.05, 0.1) is 16.8 Å². The second-order valence-electron chi connectivity index (χ2n) is 6.34. The number of allylic oxidation sites excluding steroid dienone is 4. The van der Waals surface area contributed by atoms with Crippen LogP contribution in [0.1, 0.15) is 13.3 Å². The average molecular weight is 286 g/mol. The standard InChI is InChI=1S/C15H14N2S2/c1-15-5-6-2-9(15)12(15)8-4-11-10(3-7(6)8)16-13(18)14(19)17-11/h2-4,6,10,12,16,18-19H,5H2,1H3/t6?,10-,12?,15?/m0/s1. The summed E-state index contributed by atoms with van der Waals surface area (Å²) in [6.45, 7) is 2.41. The summed E-state index contributed by atoms with van der Waals surface area (Å²) in [7, 11) is 0. The molecule has 1 aliphatic heterocycles. The van der Waals surface area contributed by atoms with Crippen molar-refractivity contribution < 1.29 is 0 Å². The Labute approximate surface area is 123 Å². The van der Waals surface area contributed by atoms with Gasteiger partial charge in [0.1, 0.15) is 5.03 Å². The Kier molecular flexibility index (Phi) is 1.75. The molecule has 6 aliphatic rings. The van der Waals surface area contributed by atoms with Crippen molar-refractivity contribution in [2.75, 3.05) is 0 Å². The first-order valence-corrected chi connectivity index (χ1v) is 7.60. The molecule has 0 amide bonds. The van der Waals surface area contributed by atoms with Crippen LogP contribution in [0.3, 0.4) is 0 Å². The van der Waals surface area contributed by atoms with Crippen molar-refractivity contribution in [2.24, 2.45) is 22.2 Å². The minimum absolute atomic E-state index is 0.169. The van der Waals surface area contributed by atoms with Gasteiger partial charge in [-0.1, -0.05) is 24.6 Å².